The number of hydrogen-bond donors (Lipinski definition) is 1. The fourth-order valence-electron chi connectivity index (χ4n) is 1.87. The van der Waals surface area contributed by atoms with Gasteiger partial charge in [-0.2, -0.15) is 0 Å². The second-order valence-electron chi connectivity index (χ2n) is 4.36. The zero-order valence-corrected chi connectivity index (χ0v) is 11.8. The molecule has 1 N–H and O–H groups in total. The van der Waals surface area contributed by atoms with Crippen LogP contribution in [0.2, 0.25) is 10.0 Å². The van der Waals surface area contributed by atoms with Crippen molar-refractivity contribution in [3.63, 3.8) is 0 Å². The largest absolute Gasteiger partial charge is 0.388 e. The van der Waals surface area contributed by atoms with E-state index in [-0.39, 0.29) is 0 Å². The first-order valence-electron chi connectivity index (χ1n) is 6.28. The highest BCUT2D eigenvalue weighted by Gasteiger charge is 2.12. The Labute approximate surface area is 114 Å². The average Bonchev–Trinajstić information content (AvgIpc) is 2.32. The van der Waals surface area contributed by atoms with Crippen molar-refractivity contribution < 1.29 is 5.11 Å². The molecule has 0 aromatic heterocycles. The van der Waals surface area contributed by atoms with Gasteiger partial charge in [0.25, 0.3) is 0 Å². The van der Waals surface area contributed by atoms with E-state index in [1.807, 2.05) is 12.1 Å². The van der Waals surface area contributed by atoms with Crippen molar-refractivity contribution in [1.82, 2.24) is 0 Å². The summed E-state index contributed by atoms with van der Waals surface area (Å²) in [5.74, 6) is 0. The molecule has 0 heterocycles. The Hall–Kier alpha value is -0.240. The first-order chi connectivity index (χ1) is 8.16. The average molecular weight is 275 g/mol. The Kier molecular flexibility index (Phi) is 6.94. The molecule has 1 nitrogen and oxygen atoms in total. The normalized spacial score (nSPS) is 12.7. The van der Waals surface area contributed by atoms with Crippen LogP contribution < -0.4 is 0 Å². The van der Waals surface area contributed by atoms with E-state index in [0.717, 1.165) is 18.4 Å². The number of halogens is 2. The molecule has 1 rings (SSSR count). The number of rotatable bonds is 7. The summed E-state index contributed by atoms with van der Waals surface area (Å²) < 4.78 is 0. The monoisotopic (exact) mass is 274 g/mol. The zero-order chi connectivity index (χ0) is 12.7. The van der Waals surface area contributed by atoms with Crippen LogP contribution in [0.1, 0.15) is 57.1 Å². The molecule has 0 saturated heterocycles. The van der Waals surface area contributed by atoms with Gasteiger partial charge in [-0.3, -0.25) is 0 Å². The van der Waals surface area contributed by atoms with Crippen molar-refractivity contribution in [3.8, 4) is 0 Å². The second-order valence-corrected chi connectivity index (χ2v) is 5.15. The van der Waals surface area contributed by atoms with Gasteiger partial charge >= 0.3 is 0 Å². The Balaban J connectivity index is 2.41. The highest BCUT2D eigenvalue weighted by Crippen LogP contribution is 2.32. The van der Waals surface area contributed by atoms with E-state index >= 15 is 0 Å². The van der Waals surface area contributed by atoms with E-state index in [2.05, 4.69) is 6.92 Å². The SMILES string of the molecule is CCCCCCCC(O)c1cccc(Cl)c1Cl. The lowest BCUT2D eigenvalue weighted by Crippen LogP contribution is -1.98. The molecule has 0 aliphatic carbocycles. The Morgan fingerprint density at radius 3 is 2.53 bits per heavy atom. The van der Waals surface area contributed by atoms with E-state index in [9.17, 15) is 5.11 Å². The van der Waals surface area contributed by atoms with E-state index in [4.69, 9.17) is 23.2 Å². The summed E-state index contributed by atoms with van der Waals surface area (Å²) in [4.78, 5) is 0. The molecule has 0 aliphatic rings. The number of unbranched alkanes of at least 4 members (excludes halogenated alkanes) is 4. The van der Waals surface area contributed by atoms with Crippen LogP contribution in [0.4, 0.5) is 0 Å². The molecule has 1 aromatic carbocycles. The maximum atomic E-state index is 10.0. The van der Waals surface area contributed by atoms with Gasteiger partial charge in [-0.05, 0) is 12.5 Å². The molecular weight excluding hydrogens is 255 g/mol. The molecule has 3 heteroatoms. The first kappa shape index (κ1) is 14.8. The summed E-state index contributed by atoms with van der Waals surface area (Å²) in [6.07, 6.45) is 6.21. The van der Waals surface area contributed by atoms with Gasteiger partial charge in [0.2, 0.25) is 0 Å². The van der Waals surface area contributed by atoms with Crippen molar-refractivity contribution in [1.29, 1.82) is 0 Å². The van der Waals surface area contributed by atoms with Gasteiger partial charge in [0, 0.05) is 5.56 Å². The van der Waals surface area contributed by atoms with Crippen LogP contribution in [0.25, 0.3) is 0 Å². The Morgan fingerprint density at radius 1 is 1.12 bits per heavy atom. The summed E-state index contributed by atoms with van der Waals surface area (Å²) >= 11 is 12.0. The van der Waals surface area contributed by atoms with Gasteiger partial charge in [0.15, 0.2) is 0 Å². The number of hydrogen-bond acceptors (Lipinski definition) is 1. The molecule has 0 radical (unpaired) electrons. The van der Waals surface area contributed by atoms with E-state index in [0.29, 0.717) is 10.0 Å². The maximum Gasteiger partial charge on any atom is 0.0805 e. The summed E-state index contributed by atoms with van der Waals surface area (Å²) in [5, 5.41) is 11.0. The zero-order valence-electron chi connectivity index (χ0n) is 10.3. The standard InChI is InChI=1S/C14H20Cl2O/c1-2-3-4-5-6-10-13(17)11-8-7-9-12(15)14(11)16/h7-9,13,17H,2-6,10H2,1H3. The van der Waals surface area contributed by atoms with Gasteiger partial charge in [-0.15, -0.1) is 0 Å². The van der Waals surface area contributed by atoms with Crippen molar-refractivity contribution in [2.24, 2.45) is 0 Å². The lowest BCUT2D eigenvalue weighted by molar-refractivity contribution is 0.163. The molecule has 0 saturated carbocycles. The van der Waals surface area contributed by atoms with Gasteiger partial charge in [-0.25, -0.2) is 0 Å². The molecule has 1 atom stereocenters. The predicted octanol–water partition coefficient (Wildman–Crippen LogP) is 5.39. The van der Waals surface area contributed by atoms with Crippen LogP contribution in [-0.4, -0.2) is 5.11 Å². The quantitative estimate of drug-likeness (QED) is 0.662. The van der Waals surface area contributed by atoms with Crippen LogP contribution in [0, 0.1) is 0 Å². The van der Waals surface area contributed by atoms with Crippen molar-refractivity contribution in [3.05, 3.63) is 33.8 Å². The van der Waals surface area contributed by atoms with Gasteiger partial charge < -0.3 is 5.11 Å². The number of aliphatic hydroxyl groups excluding tert-OH is 1. The third kappa shape index (κ3) is 4.87. The molecule has 0 spiro atoms. The number of benzene rings is 1. The van der Waals surface area contributed by atoms with Crippen molar-refractivity contribution in [2.45, 2.75) is 51.6 Å². The number of aliphatic hydroxyl groups is 1. The smallest absolute Gasteiger partial charge is 0.0805 e. The third-order valence-corrected chi connectivity index (χ3v) is 3.76. The van der Waals surface area contributed by atoms with Gasteiger partial charge in [-0.1, -0.05) is 74.4 Å². The molecule has 0 bridgehead atoms. The molecule has 0 fully saturated rings. The minimum atomic E-state index is -0.497. The lowest BCUT2D eigenvalue weighted by Gasteiger charge is -2.13. The second kappa shape index (κ2) is 7.97. The lowest BCUT2D eigenvalue weighted by atomic mass is 10.0. The topological polar surface area (TPSA) is 20.2 Å². The van der Waals surface area contributed by atoms with Crippen LogP contribution in [0.15, 0.2) is 18.2 Å². The summed E-state index contributed by atoms with van der Waals surface area (Å²) in [6, 6.07) is 5.40. The summed E-state index contributed by atoms with van der Waals surface area (Å²) in [5.41, 5.74) is 0.745. The minimum Gasteiger partial charge on any atom is -0.388 e. The minimum absolute atomic E-state index is 0.482. The Morgan fingerprint density at radius 2 is 1.82 bits per heavy atom. The molecule has 1 aromatic rings. The first-order valence-corrected chi connectivity index (χ1v) is 7.04. The molecular formula is C14H20Cl2O. The van der Waals surface area contributed by atoms with Crippen LogP contribution in [0.5, 0.6) is 0 Å². The fourth-order valence-corrected chi connectivity index (χ4v) is 2.31. The van der Waals surface area contributed by atoms with E-state index in [1.165, 1.54) is 25.7 Å². The van der Waals surface area contributed by atoms with Crippen LogP contribution in [-0.2, 0) is 0 Å². The molecule has 1 unspecified atom stereocenters. The molecule has 0 aliphatic heterocycles. The van der Waals surface area contributed by atoms with Gasteiger partial charge in [0.1, 0.15) is 0 Å². The van der Waals surface area contributed by atoms with Crippen LogP contribution in [0.3, 0.4) is 0 Å². The van der Waals surface area contributed by atoms with Crippen molar-refractivity contribution in [2.75, 3.05) is 0 Å². The molecule has 0 amide bonds. The maximum absolute atomic E-state index is 10.0. The summed E-state index contributed by atoms with van der Waals surface area (Å²) in [7, 11) is 0. The molecule has 17 heavy (non-hydrogen) atoms. The Bertz CT molecular complexity index is 339. The summed E-state index contributed by atoms with van der Waals surface area (Å²) in [6.45, 7) is 2.20. The van der Waals surface area contributed by atoms with E-state index in [1.54, 1.807) is 6.07 Å². The van der Waals surface area contributed by atoms with Crippen LogP contribution >= 0.6 is 23.2 Å². The van der Waals surface area contributed by atoms with Gasteiger partial charge in [0.05, 0.1) is 16.1 Å². The van der Waals surface area contributed by atoms with Crippen molar-refractivity contribution >= 4 is 23.2 Å². The van der Waals surface area contributed by atoms with E-state index < -0.39 is 6.10 Å². The highest BCUT2D eigenvalue weighted by atomic mass is 35.5. The molecule has 96 valence electrons. The highest BCUT2D eigenvalue weighted by molar-refractivity contribution is 6.42. The predicted molar refractivity (Wildman–Crippen MR) is 74.8 cm³/mol. The third-order valence-electron chi connectivity index (χ3n) is 2.92. The fraction of sp³-hybridized carbons (Fsp3) is 0.571.